The number of nitriles is 1. The van der Waals surface area contributed by atoms with Crippen molar-refractivity contribution in [1.82, 2.24) is 4.90 Å². The van der Waals surface area contributed by atoms with Crippen molar-refractivity contribution in [2.24, 2.45) is 0 Å². The summed E-state index contributed by atoms with van der Waals surface area (Å²) in [7, 11) is 0. The van der Waals surface area contributed by atoms with E-state index in [4.69, 9.17) is 10.4 Å². The zero-order valence-electron chi connectivity index (χ0n) is 11.0. The molecule has 1 aliphatic carbocycles. The first-order valence-electron chi connectivity index (χ1n) is 6.78. The molecule has 1 aliphatic rings. The number of rotatable bonds is 5. The Kier molecular flexibility index (Phi) is 4.89. The number of benzene rings is 1. The Morgan fingerprint density at radius 3 is 2.74 bits per heavy atom. The van der Waals surface area contributed by atoms with Gasteiger partial charge in [0, 0.05) is 19.1 Å². The Bertz CT molecular complexity index is 464. The van der Waals surface area contributed by atoms with Crippen molar-refractivity contribution in [1.29, 1.82) is 5.26 Å². The average Bonchev–Trinajstić information content (AvgIpc) is 2.94. The molecule has 0 radical (unpaired) electrons. The summed E-state index contributed by atoms with van der Waals surface area (Å²) in [6.07, 6.45) is 4.79. The lowest BCUT2D eigenvalue weighted by molar-refractivity contribution is 0.145. The smallest absolute Gasteiger partial charge is 0.140 e. The quantitative estimate of drug-likeness (QED) is 0.886. The first-order chi connectivity index (χ1) is 9.24. The summed E-state index contributed by atoms with van der Waals surface area (Å²) in [6.45, 7) is 1.42. The van der Waals surface area contributed by atoms with Crippen LogP contribution >= 0.6 is 0 Å². The van der Waals surface area contributed by atoms with E-state index in [1.165, 1.54) is 18.9 Å². The van der Waals surface area contributed by atoms with Crippen LogP contribution in [0.3, 0.4) is 0 Å². The molecular formula is C15H19FN2O. The molecule has 2 rings (SSSR count). The number of aliphatic hydroxyl groups excluding tert-OH is 1. The van der Waals surface area contributed by atoms with E-state index in [-0.39, 0.29) is 12.2 Å². The molecule has 0 aromatic heterocycles. The van der Waals surface area contributed by atoms with Gasteiger partial charge in [0.25, 0.3) is 0 Å². The summed E-state index contributed by atoms with van der Waals surface area (Å²) in [4.78, 5) is 2.24. The Morgan fingerprint density at radius 1 is 1.37 bits per heavy atom. The fraction of sp³-hybridized carbons (Fsp3) is 0.533. The van der Waals surface area contributed by atoms with E-state index in [1.54, 1.807) is 12.1 Å². The van der Waals surface area contributed by atoms with Crippen LogP contribution in [0.5, 0.6) is 0 Å². The van der Waals surface area contributed by atoms with E-state index in [2.05, 4.69) is 4.90 Å². The normalized spacial score (nSPS) is 15.9. The minimum Gasteiger partial charge on any atom is -0.395 e. The van der Waals surface area contributed by atoms with Crippen LogP contribution in [0.25, 0.3) is 0 Å². The summed E-state index contributed by atoms with van der Waals surface area (Å²) < 4.78 is 13.3. The van der Waals surface area contributed by atoms with Crippen molar-refractivity contribution in [3.05, 3.63) is 35.1 Å². The van der Waals surface area contributed by atoms with Crippen LogP contribution < -0.4 is 0 Å². The third kappa shape index (κ3) is 3.52. The largest absolute Gasteiger partial charge is 0.395 e. The second-order valence-electron chi connectivity index (χ2n) is 5.06. The van der Waals surface area contributed by atoms with Crippen molar-refractivity contribution in [3.63, 3.8) is 0 Å². The molecule has 1 N–H and O–H groups in total. The average molecular weight is 262 g/mol. The summed E-state index contributed by atoms with van der Waals surface area (Å²) in [6, 6.07) is 7.04. The lowest BCUT2D eigenvalue weighted by Crippen LogP contribution is -2.35. The van der Waals surface area contributed by atoms with Gasteiger partial charge in [0.05, 0.1) is 12.2 Å². The lowest BCUT2D eigenvalue weighted by atomic mass is 10.1. The maximum absolute atomic E-state index is 13.3. The molecular weight excluding hydrogens is 243 g/mol. The van der Waals surface area contributed by atoms with Gasteiger partial charge in [-0.2, -0.15) is 5.26 Å². The van der Waals surface area contributed by atoms with E-state index in [0.29, 0.717) is 19.1 Å². The molecule has 1 fully saturated rings. The second-order valence-corrected chi connectivity index (χ2v) is 5.06. The molecule has 0 heterocycles. The molecule has 102 valence electrons. The molecule has 0 amide bonds. The standard InChI is InChI=1S/C15H19FN2O/c16-15-6-5-12(9-13(15)10-17)11-18(7-8-19)14-3-1-2-4-14/h5-6,9,14,19H,1-4,7-8,11H2. The van der Waals surface area contributed by atoms with Gasteiger partial charge in [-0.25, -0.2) is 4.39 Å². The zero-order chi connectivity index (χ0) is 13.7. The van der Waals surface area contributed by atoms with Crippen LogP contribution in [0, 0.1) is 17.1 Å². The highest BCUT2D eigenvalue weighted by Gasteiger charge is 2.22. The molecule has 0 atom stereocenters. The Hall–Kier alpha value is -1.44. The van der Waals surface area contributed by atoms with E-state index in [1.807, 2.05) is 6.07 Å². The molecule has 3 nitrogen and oxygen atoms in total. The summed E-state index contributed by atoms with van der Waals surface area (Å²) in [5, 5.41) is 18.0. The predicted octanol–water partition coefficient (Wildman–Crippen LogP) is 2.43. The molecule has 0 spiro atoms. The van der Waals surface area contributed by atoms with Crippen molar-refractivity contribution in [2.75, 3.05) is 13.2 Å². The van der Waals surface area contributed by atoms with Crippen molar-refractivity contribution in [3.8, 4) is 6.07 Å². The zero-order valence-corrected chi connectivity index (χ0v) is 11.0. The van der Waals surface area contributed by atoms with Crippen molar-refractivity contribution >= 4 is 0 Å². The van der Waals surface area contributed by atoms with Crippen LogP contribution in [0.4, 0.5) is 4.39 Å². The summed E-state index contributed by atoms with van der Waals surface area (Å²) >= 11 is 0. The van der Waals surface area contributed by atoms with E-state index in [9.17, 15) is 4.39 Å². The van der Waals surface area contributed by atoms with Gasteiger partial charge in [-0.15, -0.1) is 0 Å². The maximum Gasteiger partial charge on any atom is 0.140 e. The molecule has 0 unspecified atom stereocenters. The number of nitrogens with zero attached hydrogens (tertiary/aromatic N) is 2. The lowest BCUT2D eigenvalue weighted by Gasteiger charge is -2.28. The molecule has 1 aromatic rings. The van der Waals surface area contributed by atoms with Crippen LogP contribution in [-0.2, 0) is 6.54 Å². The second kappa shape index (κ2) is 6.65. The van der Waals surface area contributed by atoms with Gasteiger partial charge in [-0.05, 0) is 30.5 Å². The van der Waals surface area contributed by atoms with E-state index in [0.717, 1.165) is 18.4 Å². The Labute approximate surface area is 113 Å². The van der Waals surface area contributed by atoms with Gasteiger partial charge >= 0.3 is 0 Å². The molecule has 0 saturated heterocycles. The van der Waals surface area contributed by atoms with Gasteiger partial charge in [-0.3, -0.25) is 4.90 Å². The minimum absolute atomic E-state index is 0.0906. The number of aliphatic hydroxyl groups is 1. The van der Waals surface area contributed by atoms with Gasteiger partial charge in [-0.1, -0.05) is 18.9 Å². The fourth-order valence-corrected chi connectivity index (χ4v) is 2.78. The first kappa shape index (κ1) is 14.0. The Balaban J connectivity index is 2.10. The SMILES string of the molecule is N#Cc1cc(CN(CCO)C2CCCC2)ccc1F. The number of hydrogen-bond acceptors (Lipinski definition) is 3. The van der Waals surface area contributed by atoms with Crippen LogP contribution in [0.15, 0.2) is 18.2 Å². The molecule has 0 aliphatic heterocycles. The van der Waals surface area contributed by atoms with Crippen LogP contribution in [0.2, 0.25) is 0 Å². The summed E-state index contributed by atoms with van der Waals surface area (Å²) in [5.74, 6) is -0.471. The molecule has 1 aromatic carbocycles. The summed E-state index contributed by atoms with van der Waals surface area (Å²) in [5.41, 5.74) is 1.02. The van der Waals surface area contributed by atoms with Crippen molar-refractivity contribution in [2.45, 2.75) is 38.3 Å². The van der Waals surface area contributed by atoms with Crippen LogP contribution in [0.1, 0.15) is 36.8 Å². The van der Waals surface area contributed by atoms with Gasteiger partial charge in [0.1, 0.15) is 11.9 Å². The van der Waals surface area contributed by atoms with E-state index < -0.39 is 5.82 Å². The highest BCUT2D eigenvalue weighted by Crippen LogP contribution is 2.25. The van der Waals surface area contributed by atoms with Gasteiger partial charge in [0.2, 0.25) is 0 Å². The highest BCUT2D eigenvalue weighted by molar-refractivity contribution is 5.34. The van der Waals surface area contributed by atoms with Crippen LogP contribution in [-0.4, -0.2) is 29.2 Å². The van der Waals surface area contributed by atoms with Gasteiger partial charge in [0.15, 0.2) is 0 Å². The Morgan fingerprint density at radius 2 is 2.11 bits per heavy atom. The monoisotopic (exact) mass is 262 g/mol. The fourth-order valence-electron chi connectivity index (χ4n) is 2.78. The first-order valence-corrected chi connectivity index (χ1v) is 6.78. The van der Waals surface area contributed by atoms with Crippen molar-refractivity contribution < 1.29 is 9.50 Å². The predicted molar refractivity (Wildman–Crippen MR) is 70.9 cm³/mol. The molecule has 0 bridgehead atoms. The number of halogens is 1. The third-order valence-electron chi connectivity index (χ3n) is 3.77. The highest BCUT2D eigenvalue weighted by atomic mass is 19.1. The third-order valence-corrected chi connectivity index (χ3v) is 3.77. The molecule has 4 heteroatoms. The molecule has 19 heavy (non-hydrogen) atoms. The number of hydrogen-bond donors (Lipinski definition) is 1. The topological polar surface area (TPSA) is 47.3 Å². The minimum atomic E-state index is -0.471. The maximum atomic E-state index is 13.3. The van der Waals surface area contributed by atoms with Gasteiger partial charge < -0.3 is 5.11 Å². The van der Waals surface area contributed by atoms with E-state index >= 15 is 0 Å². The molecule has 1 saturated carbocycles.